The third-order valence-corrected chi connectivity index (χ3v) is 3.51. The lowest BCUT2D eigenvalue weighted by atomic mass is 9.78. The predicted molar refractivity (Wildman–Crippen MR) is 61.2 cm³/mol. The Kier molecular flexibility index (Phi) is 2.78. The minimum Gasteiger partial charge on any atom is -0.313 e. The molecule has 2 rings (SSSR count). The number of nitrogens with one attached hydrogen (secondary N) is 1. The summed E-state index contributed by atoms with van der Waals surface area (Å²) < 4.78 is 0. The van der Waals surface area contributed by atoms with Crippen molar-refractivity contribution in [1.82, 2.24) is 5.32 Å². The molecule has 1 N–H and O–H groups in total. The zero-order chi connectivity index (χ0) is 10.0. The highest BCUT2D eigenvalue weighted by Crippen LogP contribution is 2.30. The molecule has 2 atom stereocenters. The van der Waals surface area contributed by atoms with Crippen LogP contribution in [0.4, 0.5) is 0 Å². The molecule has 14 heavy (non-hydrogen) atoms. The second-order valence-electron chi connectivity index (χ2n) is 5.40. The topological polar surface area (TPSA) is 12.0 Å². The molecule has 1 aliphatic heterocycles. The van der Waals surface area contributed by atoms with Crippen LogP contribution in [0.5, 0.6) is 0 Å². The molecule has 0 bridgehead atoms. The van der Waals surface area contributed by atoms with Crippen LogP contribution in [0.1, 0.15) is 33.1 Å². The number of piperidine rings is 1. The van der Waals surface area contributed by atoms with Gasteiger partial charge >= 0.3 is 0 Å². The Labute approximate surface area is 87.3 Å². The lowest BCUT2D eigenvalue weighted by Crippen LogP contribution is -2.46. The summed E-state index contributed by atoms with van der Waals surface area (Å²) in [5.74, 6) is 0.732. The van der Waals surface area contributed by atoms with E-state index in [1.807, 2.05) is 0 Å². The third-order valence-electron chi connectivity index (χ3n) is 3.51. The Morgan fingerprint density at radius 2 is 2.14 bits per heavy atom. The SMILES string of the molecule is CC1(C)CCC(C2C=CC=CC2)NC1. The Morgan fingerprint density at radius 3 is 2.71 bits per heavy atom. The summed E-state index contributed by atoms with van der Waals surface area (Å²) in [6.07, 6.45) is 12.9. The molecule has 1 fully saturated rings. The van der Waals surface area contributed by atoms with Crippen LogP contribution < -0.4 is 5.32 Å². The van der Waals surface area contributed by atoms with Gasteiger partial charge in [-0.15, -0.1) is 0 Å². The summed E-state index contributed by atoms with van der Waals surface area (Å²) in [5, 5.41) is 3.69. The van der Waals surface area contributed by atoms with Gasteiger partial charge in [-0.05, 0) is 30.6 Å². The fourth-order valence-electron chi connectivity index (χ4n) is 2.41. The highest BCUT2D eigenvalue weighted by molar-refractivity contribution is 5.13. The van der Waals surface area contributed by atoms with E-state index >= 15 is 0 Å². The number of hydrogen-bond donors (Lipinski definition) is 1. The molecule has 0 saturated carbocycles. The normalized spacial score (nSPS) is 35.9. The average Bonchev–Trinajstić information content (AvgIpc) is 2.19. The van der Waals surface area contributed by atoms with Crippen molar-refractivity contribution in [1.29, 1.82) is 0 Å². The van der Waals surface area contributed by atoms with Crippen LogP contribution in [-0.4, -0.2) is 12.6 Å². The summed E-state index contributed by atoms with van der Waals surface area (Å²) in [5.41, 5.74) is 0.505. The molecule has 2 unspecified atom stereocenters. The summed E-state index contributed by atoms with van der Waals surface area (Å²) in [7, 11) is 0. The second kappa shape index (κ2) is 3.90. The van der Waals surface area contributed by atoms with Crippen LogP contribution in [0.25, 0.3) is 0 Å². The molecule has 1 nitrogen and oxygen atoms in total. The number of hydrogen-bond acceptors (Lipinski definition) is 1. The molecular weight excluding hydrogens is 170 g/mol. The first-order chi connectivity index (χ1) is 6.67. The van der Waals surface area contributed by atoms with E-state index < -0.39 is 0 Å². The van der Waals surface area contributed by atoms with Gasteiger partial charge in [0.05, 0.1) is 0 Å². The van der Waals surface area contributed by atoms with Crippen molar-refractivity contribution in [2.45, 2.75) is 39.2 Å². The van der Waals surface area contributed by atoms with Gasteiger partial charge in [0.1, 0.15) is 0 Å². The maximum Gasteiger partial charge on any atom is 0.0133 e. The first-order valence-electron chi connectivity index (χ1n) is 5.74. The molecule has 1 heteroatoms. The Bertz CT molecular complexity index is 240. The molecule has 1 aliphatic carbocycles. The van der Waals surface area contributed by atoms with E-state index in [2.05, 4.69) is 43.5 Å². The fraction of sp³-hybridized carbons (Fsp3) is 0.692. The Hall–Kier alpha value is -0.560. The number of rotatable bonds is 1. The minimum atomic E-state index is 0.505. The fourth-order valence-corrected chi connectivity index (χ4v) is 2.41. The maximum atomic E-state index is 3.69. The van der Waals surface area contributed by atoms with Crippen molar-refractivity contribution >= 4 is 0 Å². The molecule has 0 spiro atoms. The van der Waals surface area contributed by atoms with Crippen LogP contribution in [0.2, 0.25) is 0 Å². The highest BCUT2D eigenvalue weighted by Gasteiger charge is 2.29. The van der Waals surface area contributed by atoms with Crippen molar-refractivity contribution in [3.63, 3.8) is 0 Å². The van der Waals surface area contributed by atoms with E-state index in [-0.39, 0.29) is 0 Å². The third kappa shape index (κ3) is 2.27. The minimum absolute atomic E-state index is 0.505. The van der Waals surface area contributed by atoms with Crippen LogP contribution >= 0.6 is 0 Å². The van der Waals surface area contributed by atoms with Gasteiger partial charge in [-0.3, -0.25) is 0 Å². The van der Waals surface area contributed by atoms with E-state index in [4.69, 9.17) is 0 Å². The van der Waals surface area contributed by atoms with E-state index in [0.717, 1.165) is 5.92 Å². The average molecular weight is 191 g/mol. The summed E-state index contributed by atoms with van der Waals surface area (Å²) in [4.78, 5) is 0. The first-order valence-corrected chi connectivity index (χ1v) is 5.74. The molecule has 78 valence electrons. The van der Waals surface area contributed by atoms with Gasteiger partial charge in [-0.2, -0.15) is 0 Å². The van der Waals surface area contributed by atoms with Gasteiger partial charge in [0.15, 0.2) is 0 Å². The molecule has 0 aromatic carbocycles. The van der Waals surface area contributed by atoms with Crippen molar-refractivity contribution in [3.8, 4) is 0 Å². The van der Waals surface area contributed by atoms with Crippen molar-refractivity contribution in [2.75, 3.05) is 6.54 Å². The van der Waals surface area contributed by atoms with Gasteiger partial charge in [0, 0.05) is 12.6 Å². The largest absolute Gasteiger partial charge is 0.313 e. The van der Waals surface area contributed by atoms with Crippen LogP contribution in [0, 0.1) is 11.3 Å². The quantitative estimate of drug-likeness (QED) is 0.672. The molecule has 0 amide bonds. The second-order valence-corrected chi connectivity index (χ2v) is 5.40. The van der Waals surface area contributed by atoms with Gasteiger partial charge in [0.25, 0.3) is 0 Å². The molecule has 1 saturated heterocycles. The monoisotopic (exact) mass is 191 g/mol. The van der Waals surface area contributed by atoms with Crippen LogP contribution in [0.15, 0.2) is 24.3 Å². The lowest BCUT2D eigenvalue weighted by molar-refractivity contribution is 0.198. The van der Waals surface area contributed by atoms with E-state index in [0.29, 0.717) is 11.5 Å². The highest BCUT2D eigenvalue weighted by atomic mass is 14.9. The van der Waals surface area contributed by atoms with Gasteiger partial charge in [-0.1, -0.05) is 38.2 Å². The smallest absolute Gasteiger partial charge is 0.0133 e. The zero-order valence-corrected chi connectivity index (χ0v) is 9.29. The first kappa shape index (κ1) is 9.97. The van der Waals surface area contributed by atoms with Gasteiger partial charge < -0.3 is 5.32 Å². The Balaban J connectivity index is 1.89. The van der Waals surface area contributed by atoms with E-state index in [1.165, 1.54) is 25.8 Å². The lowest BCUT2D eigenvalue weighted by Gasteiger charge is -2.38. The van der Waals surface area contributed by atoms with Crippen LogP contribution in [0.3, 0.4) is 0 Å². The molecule has 2 aliphatic rings. The van der Waals surface area contributed by atoms with Crippen molar-refractivity contribution in [2.24, 2.45) is 11.3 Å². The predicted octanol–water partition coefficient (Wildman–Crippen LogP) is 2.90. The molecule has 1 heterocycles. The number of allylic oxidation sites excluding steroid dienone is 3. The summed E-state index contributed by atoms with van der Waals surface area (Å²) in [6.45, 7) is 5.88. The van der Waals surface area contributed by atoms with Crippen LogP contribution in [-0.2, 0) is 0 Å². The summed E-state index contributed by atoms with van der Waals surface area (Å²) in [6, 6.07) is 0.712. The van der Waals surface area contributed by atoms with Gasteiger partial charge in [0.2, 0.25) is 0 Å². The van der Waals surface area contributed by atoms with E-state index in [1.54, 1.807) is 0 Å². The standard InChI is InChI=1S/C13H21N/c1-13(2)9-8-12(14-10-13)11-6-4-3-5-7-11/h3-6,11-12,14H,7-10H2,1-2H3. The molecular formula is C13H21N. The zero-order valence-electron chi connectivity index (χ0n) is 9.29. The van der Waals surface area contributed by atoms with E-state index in [9.17, 15) is 0 Å². The van der Waals surface area contributed by atoms with Crippen molar-refractivity contribution in [3.05, 3.63) is 24.3 Å². The Morgan fingerprint density at radius 1 is 1.29 bits per heavy atom. The summed E-state index contributed by atoms with van der Waals surface area (Å²) >= 11 is 0. The molecule has 0 aromatic rings. The molecule has 0 radical (unpaired) electrons. The molecule has 0 aromatic heterocycles. The maximum absolute atomic E-state index is 3.69. The van der Waals surface area contributed by atoms with Crippen molar-refractivity contribution < 1.29 is 0 Å². The van der Waals surface area contributed by atoms with Gasteiger partial charge in [-0.25, -0.2) is 0 Å².